The molecule has 0 aliphatic heterocycles. The van der Waals surface area contributed by atoms with Crippen LogP contribution in [-0.4, -0.2) is 43.4 Å². The van der Waals surface area contributed by atoms with Crippen LogP contribution in [0.5, 0.6) is 0 Å². The number of benzene rings is 1. The topological polar surface area (TPSA) is 23.6 Å². The zero-order chi connectivity index (χ0) is 16.3. The number of nitrogens with zero attached hydrogens (tertiary/aromatic N) is 2. The molecule has 1 aromatic rings. The highest BCUT2D eigenvalue weighted by Crippen LogP contribution is 2.35. The Morgan fingerprint density at radius 2 is 2.05 bits per heavy atom. The van der Waals surface area contributed by atoms with E-state index in [9.17, 15) is 4.79 Å². The molecule has 0 saturated carbocycles. The summed E-state index contributed by atoms with van der Waals surface area (Å²) in [7, 11) is 5.85. The number of aryl methyl sites for hydroxylation is 1. The molecule has 0 N–H and O–H groups in total. The van der Waals surface area contributed by atoms with E-state index in [-0.39, 0.29) is 11.9 Å². The maximum Gasteiger partial charge on any atom is 0.236 e. The van der Waals surface area contributed by atoms with Crippen LogP contribution in [0, 0.1) is 0 Å². The van der Waals surface area contributed by atoms with Gasteiger partial charge in [-0.05, 0) is 62.4 Å². The zero-order valence-electron chi connectivity index (χ0n) is 14.7. The van der Waals surface area contributed by atoms with Gasteiger partial charge in [-0.1, -0.05) is 32.0 Å². The third-order valence-electron chi connectivity index (χ3n) is 4.95. The molecule has 2 rings (SSSR count). The Morgan fingerprint density at radius 3 is 2.68 bits per heavy atom. The van der Waals surface area contributed by atoms with Crippen LogP contribution in [0.2, 0.25) is 0 Å². The van der Waals surface area contributed by atoms with Crippen LogP contribution in [0.1, 0.15) is 61.8 Å². The van der Waals surface area contributed by atoms with Crippen LogP contribution >= 0.6 is 0 Å². The Hall–Kier alpha value is -1.35. The number of carbonyl (C=O) groups excluding carboxylic acids is 1. The molecule has 3 nitrogen and oxygen atoms in total. The first-order valence-corrected chi connectivity index (χ1v) is 8.47. The van der Waals surface area contributed by atoms with Crippen LogP contribution in [0.25, 0.3) is 0 Å². The Morgan fingerprint density at radius 1 is 1.32 bits per heavy atom. The lowest BCUT2D eigenvalue weighted by molar-refractivity contribution is -0.133. The first-order valence-electron chi connectivity index (χ1n) is 8.47. The van der Waals surface area contributed by atoms with E-state index in [2.05, 4.69) is 32.0 Å². The summed E-state index contributed by atoms with van der Waals surface area (Å²) in [4.78, 5) is 16.3. The van der Waals surface area contributed by atoms with E-state index in [0.29, 0.717) is 12.5 Å². The van der Waals surface area contributed by atoms with Crippen LogP contribution in [0.3, 0.4) is 0 Å². The molecule has 0 saturated heterocycles. The van der Waals surface area contributed by atoms with Gasteiger partial charge in [0, 0.05) is 7.05 Å². The third kappa shape index (κ3) is 3.70. The molecule has 3 heteroatoms. The second kappa shape index (κ2) is 7.28. The molecule has 2 atom stereocenters. The lowest BCUT2D eigenvalue weighted by atomic mass is 9.84. The molecular formula is C19H30N2O. The van der Waals surface area contributed by atoms with Crippen molar-refractivity contribution >= 4 is 5.91 Å². The summed E-state index contributed by atoms with van der Waals surface area (Å²) < 4.78 is 0. The van der Waals surface area contributed by atoms with E-state index in [1.54, 1.807) is 0 Å². The summed E-state index contributed by atoms with van der Waals surface area (Å²) in [5.74, 6) is 0.785. The number of fused-ring (bicyclic) bond motifs is 1. The summed E-state index contributed by atoms with van der Waals surface area (Å²) in [6, 6.07) is 7.15. The third-order valence-corrected chi connectivity index (χ3v) is 4.95. The summed E-state index contributed by atoms with van der Waals surface area (Å²) in [5.41, 5.74) is 4.20. The fraction of sp³-hybridized carbons (Fsp3) is 0.632. The van der Waals surface area contributed by atoms with Gasteiger partial charge in [0.1, 0.15) is 0 Å². The van der Waals surface area contributed by atoms with Gasteiger partial charge in [-0.3, -0.25) is 4.79 Å². The minimum Gasteiger partial charge on any atom is -0.338 e. The van der Waals surface area contributed by atoms with E-state index in [1.165, 1.54) is 23.1 Å². The number of amides is 1. The summed E-state index contributed by atoms with van der Waals surface area (Å²) >= 11 is 0. The number of likely N-dealkylation sites (N-methyl/N-ethyl adjacent to an activating group) is 2. The van der Waals surface area contributed by atoms with Gasteiger partial charge in [0.15, 0.2) is 0 Å². The van der Waals surface area contributed by atoms with Crippen molar-refractivity contribution in [3.8, 4) is 0 Å². The van der Waals surface area contributed by atoms with Crippen molar-refractivity contribution < 1.29 is 4.79 Å². The van der Waals surface area contributed by atoms with Gasteiger partial charge >= 0.3 is 0 Å². The van der Waals surface area contributed by atoms with E-state index in [0.717, 1.165) is 19.3 Å². The summed E-state index contributed by atoms with van der Waals surface area (Å²) in [5, 5.41) is 0. The number of carbonyl (C=O) groups is 1. The number of hydrogen-bond donors (Lipinski definition) is 0. The SMILES string of the molecule is CCC(C)c1ccc2c(c1)C(N(C)C(=O)CN(C)C)CCC2. The van der Waals surface area contributed by atoms with Crippen molar-refractivity contribution in [3.63, 3.8) is 0 Å². The summed E-state index contributed by atoms with van der Waals surface area (Å²) in [6.45, 7) is 4.99. The molecule has 1 aliphatic rings. The van der Waals surface area contributed by atoms with Crippen LogP contribution in [-0.2, 0) is 11.2 Å². The second-order valence-electron chi connectivity index (χ2n) is 6.92. The van der Waals surface area contributed by atoms with Crippen LogP contribution in [0.15, 0.2) is 18.2 Å². The zero-order valence-corrected chi connectivity index (χ0v) is 14.7. The molecule has 0 fully saturated rings. The van der Waals surface area contributed by atoms with Gasteiger partial charge in [0.2, 0.25) is 5.91 Å². The Bertz CT molecular complexity index is 524. The molecule has 1 amide bonds. The van der Waals surface area contributed by atoms with E-state index in [1.807, 2.05) is 30.9 Å². The minimum atomic E-state index is 0.205. The first kappa shape index (κ1) is 17.0. The van der Waals surface area contributed by atoms with E-state index >= 15 is 0 Å². The maximum absolute atomic E-state index is 12.4. The van der Waals surface area contributed by atoms with Crippen molar-refractivity contribution in [3.05, 3.63) is 34.9 Å². The smallest absolute Gasteiger partial charge is 0.236 e. The van der Waals surface area contributed by atoms with Gasteiger partial charge in [-0.15, -0.1) is 0 Å². The highest BCUT2D eigenvalue weighted by molar-refractivity contribution is 5.78. The summed E-state index contributed by atoms with van der Waals surface area (Å²) in [6.07, 6.45) is 4.54. The fourth-order valence-electron chi connectivity index (χ4n) is 3.29. The van der Waals surface area contributed by atoms with Crippen molar-refractivity contribution in [1.29, 1.82) is 0 Å². The molecule has 0 spiro atoms. The van der Waals surface area contributed by atoms with Crippen molar-refractivity contribution in [2.24, 2.45) is 0 Å². The molecular weight excluding hydrogens is 272 g/mol. The minimum absolute atomic E-state index is 0.205. The fourth-order valence-corrected chi connectivity index (χ4v) is 3.29. The molecule has 2 unspecified atom stereocenters. The lowest BCUT2D eigenvalue weighted by Crippen LogP contribution is -2.38. The van der Waals surface area contributed by atoms with Gasteiger partial charge in [0.25, 0.3) is 0 Å². The van der Waals surface area contributed by atoms with Gasteiger partial charge in [-0.25, -0.2) is 0 Å². The Balaban J connectivity index is 2.28. The quantitative estimate of drug-likeness (QED) is 0.830. The highest BCUT2D eigenvalue weighted by Gasteiger charge is 2.27. The first-order chi connectivity index (χ1) is 10.4. The van der Waals surface area contributed by atoms with Crippen molar-refractivity contribution in [2.45, 2.75) is 51.5 Å². The molecule has 122 valence electrons. The Labute approximate surface area is 135 Å². The monoisotopic (exact) mass is 302 g/mol. The predicted molar refractivity (Wildman–Crippen MR) is 92.2 cm³/mol. The maximum atomic E-state index is 12.4. The van der Waals surface area contributed by atoms with E-state index in [4.69, 9.17) is 0 Å². The predicted octanol–water partition coefficient (Wildman–Crippen LogP) is 3.60. The average molecular weight is 302 g/mol. The molecule has 22 heavy (non-hydrogen) atoms. The molecule has 0 radical (unpaired) electrons. The standard InChI is InChI=1S/C19H30N2O/c1-6-14(2)16-11-10-15-8-7-9-18(17(15)12-16)21(5)19(22)13-20(3)4/h10-12,14,18H,6-9,13H2,1-5H3. The van der Waals surface area contributed by atoms with E-state index < -0.39 is 0 Å². The molecule has 0 heterocycles. The highest BCUT2D eigenvalue weighted by atomic mass is 16.2. The Kier molecular flexibility index (Phi) is 5.63. The van der Waals surface area contributed by atoms with Gasteiger partial charge < -0.3 is 9.80 Å². The average Bonchev–Trinajstić information content (AvgIpc) is 2.51. The number of rotatable bonds is 5. The lowest BCUT2D eigenvalue weighted by Gasteiger charge is -2.34. The van der Waals surface area contributed by atoms with Crippen LogP contribution < -0.4 is 0 Å². The van der Waals surface area contributed by atoms with Crippen LogP contribution in [0.4, 0.5) is 0 Å². The largest absolute Gasteiger partial charge is 0.338 e. The van der Waals surface area contributed by atoms with Gasteiger partial charge in [0.05, 0.1) is 12.6 Å². The van der Waals surface area contributed by atoms with Gasteiger partial charge in [-0.2, -0.15) is 0 Å². The van der Waals surface area contributed by atoms with Crippen molar-refractivity contribution in [1.82, 2.24) is 9.80 Å². The molecule has 1 aliphatic carbocycles. The molecule has 1 aromatic carbocycles. The second-order valence-corrected chi connectivity index (χ2v) is 6.92. The normalized spacial score (nSPS) is 18.9. The molecule has 0 bridgehead atoms. The van der Waals surface area contributed by atoms with Crippen molar-refractivity contribution in [2.75, 3.05) is 27.7 Å². The number of hydrogen-bond acceptors (Lipinski definition) is 2. The molecule has 0 aromatic heterocycles.